The third kappa shape index (κ3) is 0.640. The van der Waals surface area contributed by atoms with Gasteiger partial charge in [-0.3, -0.25) is 4.79 Å². The highest BCUT2D eigenvalue weighted by Crippen LogP contribution is 2.04. The van der Waals surface area contributed by atoms with Crippen molar-refractivity contribution in [2.45, 2.75) is 13.0 Å². The summed E-state index contributed by atoms with van der Waals surface area (Å²) in [5, 5.41) is 0. The molecular weight excluding hydrogens is 101 g/mol. The molecule has 1 atom stereocenters. The molecule has 0 radical (unpaired) electrons. The minimum absolute atomic E-state index is 0.109. The molecule has 1 unspecified atom stereocenters. The third-order valence-corrected chi connectivity index (χ3v) is 1.48. The van der Waals surface area contributed by atoms with E-state index in [0.717, 1.165) is 0 Å². The average molecular weight is 109 g/mol. The van der Waals surface area contributed by atoms with E-state index in [9.17, 15) is 4.79 Å². The van der Waals surface area contributed by atoms with Gasteiger partial charge >= 0.3 is 0 Å². The van der Waals surface area contributed by atoms with E-state index in [4.69, 9.17) is 0 Å². The Balaban J connectivity index is 2.69. The fourth-order valence-electron chi connectivity index (χ4n) is 0.669. The first kappa shape index (κ1) is 5.41. The molecule has 1 rings (SSSR count). The van der Waals surface area contributed by atoms with Crippen molar-refractivity contribution in [1.82, 2.24) is 4.81 Å². The summed E-state index contributed by atoms with van der Waals surface area (Å²) in [7, 11) is 1.80. The first-order valence-corrected chi connectivity index (χ1v) is 2.67. The molecular formula is C5H8BNO. The zero-order valence-corrected chi connectivity index (χ0v) is 5.09. The van der Waals surface area contributed by atoms with Crippen molar-refractivity contribution in [2.24, 2.45) is 0 Å². The Kier molecular flexibility index (Phi) is 1.12. The molecule has 0 N–H and O–H groups in total. The highest BCUT2D eigenvalue weighted by atomic mass is 16.2. The Morgan fingerprint density at radius 2 is 2.50 bits per heavy atom. The lowest BCUT2D eigenvalue weighted by Gasteiger charge is -2.14. The Hall–Kier alpha value is -0.725. The highest BCUT2D eigenvalue weighted by molar-refractivity contribution is 6.18. The number of carbonyl (C=O) groups is 1. The van der Waals surface area contributed by atoms with Crippen molar-refractivity contribution < 1.29 is 4.79 Å². The first-order valence-electron chi connectivity index (χ1n) is 2.67. The summed E-state index contributed by atoms with van der Waals surface area (Å²) in [4.78, 5) is 12.3. The molecule has 0 aliphatic carbocycles. The second kappa shape index (κ2) is 1.65. The van der Waals surface area contributed by atoms with Gasteiger partial charge in [0, 0.05) is 6.04 Å². The smallest absolute Gasteiger partial charge is 0.234 e. The van der Waals surface area contributed by atoms with Gasteiger partial charge < -0.3 is 4.81 Å². The molecule has 1 aliphatic rings. The fourth-order valence-corrected chi connectivity index (χ4v) is 0.669. The molecule has 0 saturated heterocycles. The summed E-state index contributed by atoms with van der Waals surface area (Å²) in [5.41, 5.74) is 0. The summed E-state index contributed by atoms with van der Waals surface area (Å²) in [5.74, 6) is 0.109. The van der Waals surface area contributed by atoms with Gasteiger partial charge in [0.15, 0.2) is 0 Å². The van der Waals surface area contributed by atoms with E-state index in [2.05, 4.69) is 0 Å². The predicted molar refractivity (Wildman–Crippen MR) is 34.0 cm³/mol. The standard InChI is InChI=1S/C5H8BNO/c1-4-2-3-5(8)7(4)6/h2-4H,6H2,1H3. The Morgan fingerprint density at radius 3 is 2.62 bits per heavy atom. The van der Waals surface area contributed by atoms with Crippen molar-refractivity contribution in [3.63, 3.8) is 0 Å². The van der Waals surface area contributed by atoms with E-state index in [1.54, 1.807) is 18.9 Å². The van der Waals surface area contributed by atoms with Crippen LogP contribution in [-0.2, 0) is 4.79 Å². The van der Waals surface area contributed by atoms with Gasteiger partial charge in [-0.15, -0.1) is 0 Å². The summed E-state index contributed by atoms with van der Waals surface area (Å²) in [6, 6.07) is 0.294. The topological polar surface area (TPSA) is 20.3 Å². The zero-order valence-electron chi connectivity index (χ0n) is 5.09. The van der Waals surface area contributed by atoms with Crippen LogP contribution in [-0.4, -0.2) is 24.7 Å². The van der Waals surface area contributed by atoms with Crippen molar-refractivity contribution in [1.29, 1.82) is 0 Å². The van der Waals surface area contributed by atoms with Gasteiger partial charge in [0.25, 0.3) is 0 Å². The van der Waals surface area contributed by atoms with Crippen LogP contribution in [0.5, 0.6) is 0 Å². The number of nitrogens with zero attached hydrogens (tertiary/aromatic N) is 1. The molecule has 0 saturated carbocycles. The molecule has 0 aromatic rings. The zero-order chi connectivity index (χ0) is 6.15. The maximum atomic E-state index is 10.6. The Morgan fingerprint density at radius 1 is 1.88 bits per heavy atom. The monoisotopic (exact) mass is 109 g/mol. The molecule has 1 heterocycles. The molecule has 0 spiro atoms. The number of rotatable bonds is 0. The van der Waals surface area contributed by atoms with Crippen molar-refractivity contribution in [2.75, 3.05) is 0 Å². The Bertz CT molecular complexity index is 143. The van der Waals surface area contributed by atoms with Crippen molar-refractivity contribution in [3.8, 4) is 0 Å². The van der Waals surface area contributed by atoms with Gasteiger partial charge in [-0.2, -0.15) is 0 Å². The van der Waals surface area contributed by atoms with Crippen LogP contribution in [0.25, 0.3) is 0 Å². The van der Waals surface area contributed by atoms with Crippen LogP contribution in [0.1, 0.15) is 6.92 Å². The lowest BCUT2D eigenvalue weighted by Crippen LogP contribution is -2.28. The highest BCUT2D eigenvalue weighted by Gasteiger charge is 2.15. The lowest BCUT2D eigenvalue weighted by atomic mass is 10.2. The molecule has 1 aliphatic heterocycles. The summed E-state index contributed by atoms with van der Waals surface area (Å²) in [6.07, 6.45) is 3.49. The van der Waals surface area contributed by atoms with Crippen molar-refractivity contribution >= 4 is 13.9 Å². The number of hydrogen-bond donors (Lipinski definition) is 0. The van der Waals surface area contributed by atoms with Gasteiger partial charge in [0.05, 0.1) is 0 Å². The molecule has 3 heteroatoms. The van der Waals surface area contributed by atoms with Gasteiger partial charge in [-0.1, -0.05) is 6.08 Å². The second-order valence-corrected chi connectivity index (χ2v) is 2.05. The summed E-state index contributed by atoms with van der Waals surface area (Å²) < 4.78 is 0. The number of carbonyl (C=O) groups excluding carboxylic acids is 1. The number of hydrogen-bond acceptors (Lipinski definition) is 1. The SMILES string of the molecule is BN1C(=O)C=CC1C. The van der Waals surface area contributed by atoms with E-state index in [-0.39, 0.29) is 5.91 Å². The van der Waals surface area contributed by atoms with Crippen LogP contribution in [0.15, 0.2) is 12.2 Å². The van der Waals surface area contributed by atoms with E-state index in [1.165, 1.54) is 0 Å². The van der Waals surface area contributed by atoms with Crippen LogP contribution in [0.3, 0.4) is 0 Å². The fraction of sp³-hybridized carbons (Fsp3) is 0.400. The van der Waals surface area contributed by atoms with E-state index in [1.807, 2.05) is 13.0 Å². The molecule has 8 heavy (non-hydrogen) atoms. The molecule has 0 aromatic heterocycles. The van der Waals surface area contributed by atoms with Crippen LogP contribution >= 0.6 is 0 Å². The maximum absolute atomic E-state index is 10.6. The average Bonchev–Trinajstić information content (AvgIpc) is 1.98. The quantitative estimate of drug-likeness (QED) is 0.377. The third-order valence-electron chi connectivity index (χ3n) is 1.48. The lowest BCUT2D eigenvalue weighted by molar-refractivity contribution is -0.121. The second-order valence-electron chi connectivity index (χ2n) is 2.05. The first-order chi connectivity index (χ1) is 3.72. The molecule has 2 nitrogen and oxygen atoms in total. The van der Waals surface area contributed by atoms with Gasteiger partial charge in [-0.05, 0) is 13.0 Å². The molecule has 0 bridgehead atoms. The largest absolute Gasteiger partial charge is 0.385 e. The van der Waals surface area contributed by atoms with Crippen LogP contribution in [0.4, 0.5) is 0 Å². The van der Waals surface area contributed by atoms with E-state index >= 15 is 0 Å². The molecule has 0 aromatic carbocycles. The van der Waals surface area contributed by atoms with Crippen LogP contribution in [0.2, 0.25) is 0 Å². The minimum atomic E-state index is 0.109. The predicted octanol–water partition coefficient (Wildman–Crippen LogP) is -0.679. The molecule has 42 valence electrons. The summed E-state index contributed by atoms with van der Waals surface area (Å²) in [6.45, 7) is 1.99. The molecule has 1 amide bonds. The Labute approximate surface area is 49.6 Å². The van der Waals surface area contributed by atoms with Gasteiger partial charge in [0.1, 0.15) is 0 Å². The normalized spacial score (nSPS) is 27.4. The minimum Gasteiger partial charge on any atom is -0.385 e. The van der Waals surface area contributed by atoms with Crippen LogP contribution < -0.4 is 0 Å². The number of amides is 1. The van der Waals surface area contributed by atoms with Crippen molar-refractivity contribution in [3.05, 3.63) is 12.2 Å². The summed E-state index contributed by atoms with van der Waals surface area (Å²) >= 11 is 0. The van der Waals surface area contributed by atoms with Gasteiger partial charge in [0.2, 0.25) is 13.9 Å². The molecule has 0 fully saturated rings. The van der Waals surface area contributed by atoms with E-state index in [0.29, 0.717) is 6.04 Å². The maximum Gasteiger partial charge on any atom is 0.234 e. The van der Waals surface area contributed by atoms with E-state index < -0.39 is 0 Å². The van der Waals surface area contributed by atoms with Gasteiger partial charge in [-0.25, -0.2) is 0 Å². The van der Waals surface area contributed by atoms with Crippen LogP contribution in [0, 0.1) is 0 Å².